The first kappa shape index (κ1) is 17.3. The Kier molecular flexibility index (Phi) is 4.85. The van der Waals surface area contributed by atoms with E-state index in [0.717, 1.165) is 20.8 Å². The normalized spacial score (nSPS) is 14.7. The second kappa shape index (κ2) is 6.75. The van der Waals surface area contributed by atoms with Crippen molar-refractivity contribution in [3.05, 3.63) is 64.7 Å². The van der Waals surface area contributed by atoms with Crippen LogP contribution in [0.3, 0.4) is 0 Å². The Balaban J connectivity index is 2.07. The van der Waals surface area contributed by atoms with Gasteiger partial charge < -0.3 is 0 Å². The van der Waals surface area contributed by atoms with Gasteiger partial charge in [-0.05, 0) is 51.0 Å². The molecular weight excluding hydrogens is 336 g/mol. The molecule has 1 N–H and O–H groups in total. The van der Waals surface area contributed by atoms with Crippen LogP contribution >= 0.6 is 11.3 Å². The number of nitrogens with zero attached hydrogens (tertiary/aromatic N) is 1. The number of para-hydroxylation sites is 1. The van der Waals surface area contributed by atoms with E-state index in [1.54, 1.807) is 11.3 Å². The number of nitrogens with one attached hydrogen (secondary N) is 1. The van der Waals surface area contributed by atoms with Crippen LogP contribution in [0.1, 0.15) is 42.9 Å². The number of fused-ring (bicyclic) bond motifs is 1. The van der Waals surface area contributed by atoms with Gasteiger partial charge in [0, 0.05) is 0 Å². The number of hydrogen-bond donors (Lipinski definition) is 1. The van der Waals surface area contributed by atoms with E-state index in [2.05, 4.69) is 29.8 Å². The van der Waals surface area contributed by atoms with Crippen LogP contribution in [-0.2, 0) is 11.0 Å². The third-order valence-corrected chi connectivity index (χ3v) is 6.50. The van der Waals surface area contributed by atoms with Crippen LogP contribution < -0.4 is 4.72 Å². The summed E-state index contributed by atoms with van der Waals surface area (Å²) in [5.41, 5.74) is 3.27. The van der Waals surface area contributed by atoms with Crippen LogP contribution in [0.5, 0.6) is 0 Å². The lowest BCUT2D eigenvalue weighted by atomic mass is 10.0. The van der Waals surface area contributed by atoms with Gasteiger partial charge in [-0.3, -0.25) is 0 Å². The van der Waals surface area contributed by atoms with Crippen molar-refractivity contribution in [2.45, 2.75) is 38.5 Å². The molecule has 0 bridgehead atoms. The van der Waals surface area contributed by atoms with E-state index in [0.29, 0.717) is 0 Å². The Morgan fingerprint density at radius 3 is 2.42 bits per heavy atom. The molecule has 0 aliphatic heterocycles. The standard InChI is InChI=1S/C19H22N2OS2/c1-13-9-5-6-10-14(13)17(21-24(22)19(2,3)4)18-20-15-11-7-8-12-16(15)23-18/h5-12,17,21H,1-4H3/t17-,24?/m0/s1. The van der Waals surface area contributed by atoms with Gasteiger partial charge in [0.15, 0.2) is 0 Å². The minimum atomic E-state index is -1.18. The van der Waals surface area contributed by atoms with E-state index in [1.165, 1.54) is 5.56 Å². The molecule has 1 unspecified atom stereocenters. The largest absolute Gasteiger partial charge is 0.242 e. The molecule has 2 atom stereocenters. The third kappa shape index (κ3) is 3.58. The first-order valence-electron chi connectivity index (χ1n) is 7.95. The minimum Gasteiger partial charge on any atom is -0.242 e. The summed E-state index contributed by atoms with van der Waals surface area (Å²) in [6.07, 6.45) is 0. The predicted molar refractivity (Wildman–Crippen MR) is 104 cm³/mol. The van der Waals surface area contributed by atoms with Gasteiger partial charge in [-0.1, -0.05) is 36.4 Å². The monoisotopic (exact) mass is 358 g/mol. The fourth-order valence-electron chi connectivity index (χ4n) is 2.45. The topological polar surface area (TPSA) is 42.0 Å². The maximum absolute atomic E-state index is 12.7. The number of aryl methyl sites for hydroxylation is 1. The average molecular weight is 359 g/mol. The number of thiazole rings is 1. The molecule has 0 aliphatic carbocycles. The Morgan fingerprint density at radius 2 is 1.75 bits per heavy atom. The number of aromatic nitrogens is 1. The highest BCUT2D eigenvalue weighted by atomic mass is 32.2. The maximum atomic E-state index is 12.7. The van der Waals surface area contributed by atoms with E-state index < -0.39 is 11.0 Å². The molecule has 3 nitrogen and oxygen atoms in total. The molecule has 1 heterocycles. The van der Waals surface area contributed by atoms with Crippen LogP contribution in [-0.4, -0.2) is 13.9 Å². The van der Waals surface area contributed by atoms with Crippen molar-refractivity contribution in [2.75, 3.05) is 0 Å². The summed E-state index contributed by atoms with van der Waals surface area (Å²) in [6.45, 7) is 8.01. The number of hydrogen-bond acceptors (Lipinski definition) is 3. The Bertz CT molecular complexity index is 847. The molecule has 0 amide bonds. The lowest BCUT2D eigenvalue weighted by Gasteiger charge is -2.24. The first-order chi connectivity index (χ1) is 11.4. The van der Waals surface area contributed by atoms with Gasteiger partial charge in [0.05, 0.1) is 32.0 Å². The summed E-state index contributed by atoms with van der Waals surface area (Å²) in [5, 5.41) is 0.947. The van der Waals surface area contributed by atoms with E-state index in [9.17, 15) is 4.21 Å². The van der Waals surface area contributed by atoms with E-state index >= 15 is 0 Å². The smallest absolute Gasteiger partial charge is 0.116 e. The molecule has 3 rings (SSSR count). The predicted octanol–water partition coefficient (Wildman–Crippen LogP) is 4.75. The quantitative estimate of drug-likeness (QED) is 0.731. The summed E-state index contributed by atoms with van der Waals surface area (Å²) < 4.78 is 16.8. The average Bonchev–Trinajstić information content (AvgIpc) is 2.96. The van der Waals surface area contributed by atoms with E-state index in [1.807, 2.05) is 51.1 Å². The van der Waals surface area contributed by atoms with Crippen molar-refractivity contribution in [2.24, 2.45) is 0 Å². The summed E-state index contributed by atoms with van der Waals surface area (Å²) in [4.78, 5) is 4.79. The highest BCUT2D eigenvalue weighted by Gasteiger charge is 2.27. The van der Waals surface area contributed by atoms with Crippen LogP contribution in [0.15, 0.2) is 48.5 Å². The van der Waals surface area contributed by atoms with Gasteiger partial charge in [-0.2, -0.15) is 0 Å². The highest BCUT2D eigenvalue weighted by molar-refractivity contribution is 7.84. The van der Waals surface area contributed by atoms with Gasteiger partial charge in [0.25, 0.3) is 0 Å². The minimum absolute atomic E-state index is 0.177. The van der Waals surface area contributed by atoms with Crippen molar-refractivity contribution >= 4 is 32.5 Å². The Labute approximate surface area is 149 Å². The zero-order valence-corrected chi connectivity index (χ0v) is 16.0. The molecule has 0 fully saturated rings. The van der Waals surface area contributed by atoms with Crippen LogP contribution in [0.2, 0.25) is 0 Å². The highest BCUT2D eigenvalue weighted by Crippen LogP contribution is 2.32. The lowest BCUT2D eigenvalue weighted by molar-refractivity contribution is 0.622. The van der Waals surface area contributed by atoms with Gasteiger partial charge in [0.1, 0.15) is 5.01 Å². The maximum Gasteiger partial charge on any atom is 0.116 e. The molecule has 3 aromatic rings. The second-order valence-corrected chi connectivity index (χ2v) is 9.87. The molecule has 1 aromatic heterocycles. The second-order valence-electron chi connectivity index (χ2n) is 6.81. The molecule has 0 spiro atoms. The SMILES string of the molecule is Cc1ccccc1[C@H](NS(=O)C(C)(C)C)c1nc2ccccc2s1. The van der Waals surface area contributed by atoms with Gasteiger partial charge in [-0.15, -0.1) is 11.3 Å². The summed E-state index contributed by atoms with van der Waals surface area (Å²) in [6, 6.07) is 16.1. The Morgan fingerprint density at radius 1 is 1.08 bits per heavy atom. The molecule has 0 saturated heterocycles. The summed E-state index contributed by atoms with van der Waals surface area (Å²) >= 11 is 1.65. The first-order valence-corrected chi connectivity index (χ1v) is 9.92. The van der Waals surface area contributed by atoms with Crippen molar-refractivity contribution in [1.82, 2.24) is 9.71 Å². The zero-order valence-electron chi connectivity index (χ0n) is 14.4. The lowest BCUT2D eigenvalue weighted by Crippen LogP contribution is -2.36. The summed E-state index contributed by atoms with van der Waals surface area (Å²) in [7, 11) is -1.18. The number of benzene rings is 2. The van der Waals surface area contributed by atoms with Crippen LogP contribution in [0.4, 0.5) is 0 Å². The van der Waals surface area contributed by atoms with Gasteiger partial charge >= 0.3 is 0 Å². The molecule has 2 aromatic carbocycles. The third-order valence-electron chi connectivity index (χ3n) is 3.84. The van der Waals surface area contributed by atoms with Crippen LogP contribution in [0.25, 0.3) is 10.2 Å². The molecule has 0 aliphatic rings. The molecule has 5 heteroatoms. The fourth-order valence-corrected chi connectivity index (χ4v) is 4.37. The zero-order chi connectivity index (χ0) is 17.3. The molecule has 24 heavy (non-hydrogen) atoms. The van der Waals surface area contributed by atoms with Crippen molar-refractivity contribution in [3.8, 4) is 0 Å². The molecular formula is C19H22N2OS2. The number of rotatable bonds is 4. The Hall–Kier alpha value is -1.56. The summed E-state index contributed by atoms with van der Waals surface area (Å²) in [5.74, 6) is 0. The van der Waals surface area contributed by atoms with Gasteiger partial charge in [-0.25, -0.2) is 13.9 Å². The van der Waals surface area contributed by atoms with Crippen molar-refractivity contribution in [3.63, 3.8) is 0 Å². The fraction of sp³-hybridized carbons (Fsp3) is 0.316. The molecule has 0 radical (unpaired) electrons. The van der Waals surface area contributed by atoms with E-state index in [4.69, 9.17) is 4.98 Å². The molecule has 0 saturated carbocycles. The van der Waals surface area contributed by atoms with Crippen LogP contribution in [0, 0.1) is 6.92 Å². The van der Waals surface area contributed by atoms with Crippen molar-refractivity contribution in [1.29, 1.82) is 0 Å². The van der Waals surface area contributed by atoms with Gasteiger partial charge in [0.2, 0.25) is 0 Å². The molecule has 126 valence electrons. The van der Waals surface area contributed by atoms with Crippen molar-refractivity contribution < 1.29 is 4.21 Å². The van der Waals surface area contributed by atoms with E-state index in [-0.39, 0.29) is 10.8 Å².